The minimum absolute atomic E-state index is 0.0723. The number of nitrogens with zero attached hydrogens (tertiary/aromatic N) is 3. The van der Waals surface area contributed by atoms with Gasteiger partial charge in [0, 0.05) is 20.6 Å². The first-order valence-electron chi connectivity index (χ1n) is 8.26. The predicted molar refractivity (Wildman–Crippen MR) is 95.9 cm³/mol. The Balaban J connectivity index is 1.78. The van der Waals surface area contributed by atoms with Gasteiger partial charge in [0.25, 0.3) is 5.56 Å². The minimum Gasteiger partial charge on any atom is -0.384 e. The Morgan fingerprint density at radius 1 is 1.16 bits per heavy atom. The van der Waals surface area contributed by atoms with Crippen molar-refractivity contribution in [1.82, 2.24) is 14.0 Å². The van der Waals surface area contributed by atoms with E-state index in [1.165, 1.54) is 19.7 Å². The van der Waals surface area contributed by atoms with Gasteiger partial charge in [-0.2, -0.15) is 0 Å². The summed E-state index contributed by atoms with van der Waals surface area (Å²) in [5.74, 6) is -0.0337. The molecule has 1 unspecified atom stereocenters. The summed E-state index contributed by atoms with van der Waals surface area (Å²) in [6.45, 7) is 1.68. The van der Waals surface area contributed by atoms with E-state index < -0.39 is 11.2 Å². The van der Waals surface area contributed by atoms with Gasteiger partial charge >= 0.3 is 5.69 Å². The Bertz CT molecular complexity index is 914. The Morgan fingerprint density at radius 2 is 1.84 bits per heavy atom. The van der Waals surface area contributed by atoms with Crippen molar-refractivity contribution in [2.75, 3.05) is 25.4 Å². The highest BCUT2D eigenvalue weighted by molar-refractivity contribution is 6.01. The summed E-state index contributed by atoms with van der Waals surface area (Å²) in [5, 5.41) is 0. The summed E-state index contributed by atoms with van der Waals surface area (Å²) in [6, 6.07) is 10.2. The molecule has 0 bridgehead atoms. The fourth-order valence-electron chi connectivity index (χ4n) is 3.38. The summed E-state index contributed by atoms with van der Waals surface area (Å²) in [5.41, 5.74) is 5.84. The quantitative estimate of drug-likeness (QED) is 0.809. The number of benzene rings is 1. The van der Waals surface area contributed by atoms with Crippen molar-refractivity contribution in [3.8, 4) is 0 Å². The average molecular weight is 342 g/mol. The van der Waals surface area contributed by atoms with Crippen LogP contribution in [-0.2, 0) is 14.1 Å². The van der Waals surface area contributed by atoms with Crippen LogP contribution < -0.4 is 17.0 Å². The molecule has 1 aromatic heterocycles. The minimum atomic E-state index is -0.635. The molecule has 0 aliphatic carbocycles. The van der Waals surface area contributed by atoms with E-state index in [1.807, 2.05) is 23.1 Å². The zero-order valence-electron chi connectivity index (χ0n) is 14.4. The molecule has 0 spiro atoms. The predicted octanol–water partition coefficient (Wildman–Crippen LogP) is 0.338. The van der Waals surface area contributed by atoms with Crippen LogP contribution in [0, 0.1) is 0 Å². The molecule has 2 N–H and O–H groups in total. The normalized spacial score (nSPS) is 17.8. The molecule has 2 heterocycles. The second-order valence-electron chi connectivity index (χ2n) is 6.52. The van der Waals surface area contributed by atoms with E-state index in [9.17, 15) is 14.4 Å². The SMILES string of the molecule is Cn1c(N)c(C(=O)CN2CCC(c3ccccc3)C2)c(=O)n(C)c1=O. The van der Waals surface area contributed by atoms with Crippen molar-refractivity contribution in [3.63, 3.8) is 0 Å². The molecular formula is C18H22N4O3. The standard InChI is InChI=1S/C18H22N4O3/c1-20-16(19)15(17(24)21(2)18(20)25)14(23)11-22-9-8-13(10-22)12-6-4-3-5-7-12/h3-7,13H,8-11,19H2,1-2H3. The first kappa shape index (κ1) is 17.2. The molecule has 2 aromatic rings. The van der Waals surface area contributed by atoms with Crippen molar-refractivity contribution in [2.45, 2.75) is 12.3 Å². The number of likely N-dealkylation sites (tertiary alicyclic amines) is 1. The Morgan fingerprint density at radius 3 is 2.52 bits per heavy atom. The Labute approximate surface area is 145 Å². The lowest BCUT2D eigenvalue weighted by Gasteiger charge is -2.17. The second kappa shape index (κ2) is 6.68. The van der Waals surface area contributed by atoms with Crippen molar-refractivity contribution in [3.05, 3.63) is 62.3 Å². The van der Waals surface area contributed by atoms with Gasteiger partial charge in [0.2, 0.25) is 0 Å². The van der Waals surface area contributed by atoms with Crippen LogP contribution in [0.3, 0.4) is 0 Å². The highest BCUT2D eigenvalue weighted by Crippen LogP contribution is 2.26. The molecule has 1 atom stereocenters. The number of hydrogen-bond acceptors (Lipinski definition) is 5. The molecule has 0 radical (unpaired) electrons. The summed E-state index contributed by atoms with van der Waals surface area (Å²) in [6.07, 6.45) is 0.970. The fraction of sp³-hybridized carbons (Fsp3) is 0.389. The summed E-state index contributed by atoms with van der Waals surface area (Å²) >= 11 is 0. The molecule has 1 fully saturated rings. The largest absolute Gasteiger partial charge is 0.384 e. The number of carbonyl (C=O) groups is 1. The first-order valence-corrected chi connectivity index (χ1v) is 8.26. The molecule has 25 heavy (non-hydrogen) atoms. The third kappa shape index (κ3) is 3.15. The van der Waals surface area contributed by atoms with E-state index in [1.54, 1.807) is 0 Å². The maximum absolute atomic E-state index is 12.7. The number of hydrogen-bond donors (Lipinski definition) is 1. The van der Waals surface area contributed by atoms with Crippen molar-refractivity contribution < 1.29 is 4.79 Å². The number of carbonyl (C=O) groups excluding carboxylic acids is 1. The molecule has 7 heteroatoms. The highest BCUT2D eigenvalue weighted by Gasteiger charge is 2.28. The van der Waals surface area contributed by atoms with Crippen LogP contribution in [-0.4, -0.2) is 39.5 Å². The van der Waals surface area contributed by atoms with E-state index >= 15 is 0 Å². The van der Waals surface area contributed by atoms with E-state index in [0.29, 0.717) is 5.92 Å². The van der Waals surface area contributed by atoms with Gasteiger partial charge in [0.05, 0.1) is 6.54 Å². The van der Waals surface area contributed by atoms with Gasteiger partial charge in [-0.15, -0.1) is 0 Å². The van der Waals surface area contributed by atoms with Gasteiger partial charge in [0.1, 0.15) is 11.4 Å². The molecule has 1 saturated heterocycles. The first-order chi connectivity index (χ1) is 11.9. The van der Waals surface area contributed by atoms with E-state index in [-0.39, 0.29) is 23.7 Å². The van der Waals surface area contributed by atoms with Crippen molar-refractivity contribution in [2.24, 2.45) is 14.1 Å². The molecular weight excluding hydrogens is 320 g/mol. The van der Waals surface area contributed by atoms with Crippen molar-refractivity contribution >= 4 is 11.6 Å². The highest BCUT2D eigenvalue weighted by atomic mass is 16.2. The second-order valence-corrected chi connectivity index (χ2v) is 6.52. The molecule has 1 aromatic carbocycles. The lowest BCUT2D eigenvalue weighted by Crippen LogP contribution is -2.43. The van der Waals surface area contributed by atoms with E-state index in [2.05, 4.69) is 12.1 Å². The van der Waals surface area contributed by atoms with Crippen LogP contribution in [0.2, 0.25) is 0 Å². The Hall–Kier alpha value is -2.67. The topological polar surface area (TPSA) is 90.3 Å². The summed E-state index contributed by atoms with van der Waals surface area (Å²) < 4.78 is 2.05. The zero-order chi connectivity index (χ0) is 18.1. The molecule has 7 nitrogen and oxygen atoms in total. The zero-order valence-corrected chi connectivity index (χ0v) is 14.4. The molecule has 0 saturated carbocycles. The van der Waals surface area contributed by atoms with Crippen LogP contribution in [0.25, 0.3) is 0 Å². The molecule has 132 valence electrons. The van der Waals surface area contributed by atoms with Crippen LogP contribution in [0.15, 0.2) is 39.9 Å². The third-order valence-electron chi connectivity index (χ3n) is 4.90. The number of aromatic nitrogens is 2. The van der Waals surface area contributed by atoms with Crippen molar-refractivity contribution in [1.29, 1.82) is 0 Å². The van der Waals surface area contributed by atoms with Gasteiger partial charge in [-0.1, -0.05) is 30.3 Å². The number of nitrogens with two attached hydrogens (primary N) is 1. The van der Waals surface area contributed by atoms with Crippen LogP contribution >= 0.6 is 0 Å². The number of anilines is 1. The number of ketones is 1. The molecule has 1 aliphatic heterocycles. The molecule has 0 amide bonds. The van der Waals surface area contributed by atoms with Crippen LogP contribution in [0.5, 0.6) is 0 Å². The maximum Gasteiger partial charge on any atom is 0.332 e. The number of Topliss-reactive ketones (excluding diaryl/α,β-unsaturated/α-hetero) is 1. The lowest BCUT2D eigenvalue weighted by molar-refractivity contribution is 0.0942. The fourth-order valence-corrected chi connectivity index (χ4v) is 3.38. The Kier molecular flexibility index (Phi) is 4.59. The number of rotatable bonds is 4. The van der Waals surface area contributed by atoms with E-state index in [4.69, 9.17) is 5.73 Å². The van der Waals surface area contributed by atoms with Crippen LogP contribution in [0.1, 0.15) is 28.3 Å². The number of nitrogen functional groups attached to an aromatic ring is 1. The van der Waals surface area contributed by atoms with Gasteiger partial charge < -0.3 is 5.73 Å². The van der Waals surface area contributed by atoms with Gasteiger partial charge in [-0.3, -0.25) is 23.6 Å². The van der Waals surface area contributed by atoms with Gasteiger partial charge in [-0.05, 0) is 24.4 Å². The molecule has 3 rings (SSSR count). The monoisotopic (exact) mass is 342 g/mol. The molecule has 1 aliphatic rings. The summed E-state index contributed by atoms with van der Waals surface area (Å²) in [7, 11) is 2.80. The smallest absolute Gasteiger partial charge is 0.332 e. The van der Waals surface area contributed by atoms with Crippen LogP contribution in [0.4, 0.5) is 5.82 Å². The lowest BCUT2D eigenvalue weighted by atomic mass is 9.99. The average Bonchev–Trinajstić information content (AvgIpc) is 3.07. The van der Waals surface area contributed by atoms with E-state index in [0.717, 1.165) is 28.6 Å². The third-order valence-corrected chi connectivity index (χ3v) is 4.90. The van der Waals surface area contributed by atoms with Gasteiger partial charge in [0.15, 0.2) is 5.78 Å². The maximum atomic E-state index is 12.7. The van der Waals surface area contributed by atoms with Gasteiger partial charge in [-0.25, -0.2) is 4.79 Å². The summed E-state index contributed by atoms with van der Waals surface area (Å²) in [4.78, 5) is 38.8.